The largest absolute Gasteiger partial charge is 0.203 e. The van der Waals surface area contributed by atoms with Gasteiger partial charge in [-0.3, -0.25) is 0 Å². The van der Waals surface area contributed by atoms with Crippen molar-refractivity contribution >= 4 is 0 Å². The van der Waals surface area contributed by atoms with Gasteiger partial charge in [0.15, 0.2) is 23.3 Å². The lowest BCUT2D eigenvalue weighted by atomic mass is 9.95. The van der Waals surface area contributed by atoms with Crippen LogP contribution in [0.2, 0.25) is 0 Å². The van der Waals surface area contributed by atoms with E-state index in [-0.39, 0.29) is 23.0 Å². The van der Waals surface area contributed by atoms with E-state index < -0.39 is 23.3 Å². The minimum absolute atomic E-state index is 0.00102. The number of allylic oxidation sites excluding steroid dienone is 2. The smallest absolute Gasteiger partial charge is 0.197 e. The Bertz CT molecular complexity index is 447. The zero-order valence-corrected chi connectivity index (χ0v) is 7.53. The van der Waals surface area contributed by atoms with Crippen LogP contribution >= 0.6 is 0 Å². The fourth-order valence-corrected chi connectivity index (χ4v) is 2.52. The molecule has 0 aromatic heterocycles. The molecule has 2 aliphatic carbocycles. The van der Waals surface area contributed by atoms with Crippen LogP contribution < -0.4 is 0 Å². The maximum atomic E-state index is 13.4. The Morgan fingerprint density at radius 1 is 0.733 bits per heavy atom. The number of rotatable bonds is 0. The van der Waals surface area contributed by atoms with Crippen LogP contribution in [-0.2, 0) is 0 Å². The molecule has 2 bridgehead atoms. The van der Waals surface area contributed by atoms with E-state index in [1.54, 1.807) is 12.2 Å². The van der Waals surface area contributed by atoms with Crippen LogP contribution in [0.25, 0.3) is 0 Å². The van der Waals surface area contributed by atoms with Crippen molar-refractivity contribution in [2.45, 2.75) is 18.3 Å². The van der Waals surface area contributed by atoms with Gasteiger partial charge in [0.1, 0.15) is 0 Å². The van der Waals surface area contributed by atoms with Crippen LogP contribution in [0.5, 0.6) is 0 Å². The van der Waals surface area contributed by atoms with E-state index in [4.69, 9.17) is 0 Å². The van der Waals surface area contributed by atoms with Crippen molar-refractivity contribution in [1.29, 1.82) is 0 Å². The maximum absolute atomic E-state index is 13.4. The van der Waals surface area contributed by atoms with E-state index in [1.807, 2.05) is 0 Å². The van der Waals surface area contributed by atoms with Gasteiger partial charge in [-0.25, -0.2) is 17.6 Å². The Hall–Kier alpha value is -1.32. The van der Waals surface area contributed by atoms with Crippen LogP contribution in [0.15, 0.2) is 12.2 Å². The first-order valence-corrected chi connectivity index (χ1v) is 4.65. The van der Waals surface area contributed by atoms with Crippen molar-refractivity contribution in [1.82, 2.24) is 0 Å². The lowest BCUT2D eigenvalue weighted by Gasteiger charge is -2.13. The molecule has 2 unspecified atom stereocenters. The van der Waals surface area contributed by atoms with Crippen molar-refractivity contribution in [3.63, 3.8) is 0 Å². The molecule has 1 aromatic carbocycles. The predicted octanol–water partition coefficient (Wildman–Crippen LogP) is 3.38. The van der Waals surface area contributed by atoms with E-state index in [1.165, 1.54) is 0 Å². The molecule has 0 heterocycles. The molecule has 1 aromatic rings. The van der Waals surface area contributed by atoms with E-state index in [0.717, 1.165) is 0 Å². The molecule has 0 N–H and O–H groups in total. The zero-order valence-electron chi connectivity index (χ0n) is 7.53. The van der Waals surface area contributed by atoms with Gasteiger partial charge in [-0.2, -0.15) is 0 Å². The second kappa shape index (κ2) is 2.62. The highest BCUT2D eigenvalue weighted by atomic mass is 19.2. The summed E-state index contributed by atoms with van der Waals surface area (Å²) in [5, 5.41) is 0. The summed E-state index contributed by atoms with van der Waals surface area (Å²) in [6, 6.07) is 0. The third-order valence-electron chi connectivity index (χ3n) is 3.17. The molecule has 0 spiro atoms. The predicted molar refractivity (Wildman–Crippen MR) is 45.5 cm³/mol. The lowest BCUT2D eigenvalue weighted by molar-refractivity contribution is 0.400. The van der Waals surface area contributed by atoms with Gasteiger partial charge in [0.05, 0.1) is 0 Å². The first-order valence-electron chi connectivity index (χ1n) is 4.65. The molecule has 2 aliphatic rings. The average molecular weight is 214 g/mol. The lowest BCUT2D eigenvalue weighted by Crippen LogP contribution is -2.07. The van der Waals surface area contributed by atoms with E-state index in [9.17, 15) is 17.6 Å². The summed E-state index contributed by atoms with van der Waals surface area (Å²) in [5.74, 6) is -6.47. The molecule has 0 nitrogen and oxygen atoms in total. The molecule has 15 heavy (non-hydrogen) atoms. The molecule has 0 amide bonds. The SMILES string of the molecule is Fc1c(F)c(F)c2c(c1F)C1C=CC2C1. The molecular formula is C11H6F4. The number of fused-ring (bicyclic) bond motifs is 5. The number of halogens is 4. The second-order valence-electron chi connectivity index (χ2n) is 3.92. The summed E-state index contributed by atoms with van der Waals surface area (Å²) < 4.78 is 52.7. The third-order valence-corrected chi connectivity index (χ3v) is 3.17. The van der Waals surface area contributed by atoms with Gasteiger partial charge in [-0.15, -0.1) is 0 Å². The minimum atomic E-state index is -1.70. The Labute approximate surface area is 83.2 Å². The van der Waals surface area contributed by atoms with Gasteiger partial charge in [0.25, 0.3) is 0 Å². The Morgan fingerprint density at radius 3 is 1.53 bits per heavy atom. The summed E-state index contributed by atoms with van der Waals surface area (Å²) in [4.78, 5) is 0. The maximum Gasteiger partial charge on any atom is 0.197 e. The number of benzene rings is 1. The fourth-order valence-electron chi connectivity index (χ4n) is 2.52. The summed E-state index contributed by atoms with van der Waals surface area (Å²) in [5.41, 5.74) is -0.00204. The van der Waals surface area contributed by atoms with Crippen LogP contribution in [0.4, 0.5) is 17.6 Å². The molecule has 0 saturated carbocycles. The van der Waals surface area contributed by atoms with Gasteiger partial charge in [-0.05, 0) is 6.42 Å². The highest BCUT2D eigenvalue weighted by Gasteiger charge is 2.40. The standard InChI is InChI=1S/C11H6F4/c12-8-6-4-1-2-5(3-4)7(6)9(13)11(15)10(8)14/h1-2,4-5H,3H2. The van der Waals surface area contributed by atoms with Crippen LogP contribution in [0.3, 0.4) is 0 Å². The first-order chi connectivity index (χ1) is 7.11. The Kier molecular flexibility index (Phi) is 1.56. The van der Waals surface area contributed by atoms with Crippen LogP contribution in [-0.4, -0.2) is 0 Å². The average Bonchev–Trinajstić information content (AvgIpc) is 2.82. The van der Waals surface area contributed by atoms with E-state index >= 15 is 0 Å². The van der Waals surface area contributed by atoms with Crippen molar-refractivity contribution in [2.24, 2.45) is 0 Å². The van der Waals surface area contributed by atoms with Crippen molar-refractivity contribution in [3.05, 3.63) is 46.5 Å². The van der Waals surface area contributed by atoms with Gasteiger partial charge < -0.3 is 0 Å². The number of hydrogen-bond acceptors (Lipinski definition) is 0. The zero-order chi connectivity index (χ0) is 10.7. The van der Waals surface area contributed by atoms with Gasteiger partial charge >= 0.3 is 0 Å². The molecule has 0 radical (unpaired) electrons. The van der Waals surface area contributed by atoms with Crippen LogP contribution in [0, 0.1) is 23.3 Å². The molecule has 0 aliphatic heterocycles. The second-order valence-corrected chi connectivity index (χ2v) is 3.92. The summed E-state index contributed by atoms with van der Waals surface area (Å²) in [7, 11) is 0. The fraction of sp³-hybridized carbons (Fsp3) is 0.273. The normalized spacial score (nSPS) is 26.1. The quantitative estimate of drug-likeness (QED) is 0.269. The number of hydrogen-bond donors (Lipinski definition) is 0. The molecule has 0 saturated heterocycles. The summed E-state index contributed by atoms with van der Waals surface area (Å²) >= 11 is 0. The monoisotopic (exact) mass is 214 g/mol. The molecular weight excluding hydrogens is 208 g/mol. The van der Waals surface area contributed by atoms with Crippen molar-refractivity contribution < 1.29 is 17.6 Å². The molecule has 0 fully saturated rings. The molecule has 3 rings (SSSR count). The van der Waals surface area contributed by atoms with Gasteiger partial charge in [0.2, 0.25) is 0 Å². The summed E-state index contributed by atoms with van der Waals surface area (Å²) in [6.45, 7) is 0. The van der Waals surface area contributed by atoms with Crippen molar-refractivity contribution in [3.8, 4) is 0 Å². The Morgan fingerprint density at radius 2 is 1.13 bits per heavy atom. The molecule has 2 atom stereocenters. The van der Waals surface area contributed by atoms with Gasteiger partial charge in [0, 0.05) is 23.0 Å². The first kappa shape index (κ1) is 8.95. The highest BCUT2D eigenvalue weighted by molar-refractivity contribution is 5.49. The molecule has 78 valence electrons. The van der Waals surface area contributed by atoms with E-state index in [2.05, 4.69) is 0 Å². The van der Waals surface area contributed by atoms with Gasteiger partial charge in [-0.1, -0.05) is 12.2 Å². The minimum Gasteiger partial charge on any atom is -0.203 e. The third kappa shape index (κ3) is 0.919. The summed E-state index contributed by atoms with van der Waals surface area (Å²) in [6.07, 6.45) is 3.95. The molecule has 4 heteroatoms. The van der Waals surface area contributed by atoms with Crippen LogP contribution in [0.1, 0.15) is 29.4 Å². The Balaban J connectivity index is 2.38. The topological polar surface area (TPSA) is 0 Å². The van der Waals surface area contributed by atoms with Crippen molar-refractivity contribution in [2.75, 3.05) is 0 Å². The highest BCUT2D eigenvalue weighted by Crippen LogP contribution is 2.51. The van der Waals surface area contributed by atoms with E-state index in [0.29, 0.717) is 6.42 Å².